The monoisotopic (exact) mass is 268 g/mol. The van der Waals surface area contributed by atoms with E-state index in [-0.39, 0.29) is 6.42 Å². The Morgan fingerprint density at radius 2 is 1.84 bits per heavy atom. The molecule has 0 unspecified atom stereocenters. The fourth-order valence-corrected chi connectivity index (χ4v) is 1.41. The molecule has 0 heterocycles. The van der Waals surface area contributed by atoms with Crippen LogP contribution in [0.2, 0.25) is 0 Å². The van der Waals surface area contributed by atoms with Gasteiger partial charge in [0.25, 0.3) is 0 Å². The van der Waals surface area contributed by atoms with E-state index in [1.54, 1.807) is 18.2 Å². The predicted molar refractivity (Wildman–Crippen MR) is 66.9 cm³/mol. The first kappa shape index (κ1) is 14.6. The van der Waals surface area contributed by atoms with E-state index in [0.717, 1.165) is 0 Å². The molecule has 0 aromatic heterocycles. The van der Waals surface area contributed by atoms with Crippen molar-refractivity contribution >= 4 is 12.0 Å². The van der Waals surface area contributed by atoms with Crippen molar-refractivity contribution in [3.63, 3.8) is 0 Å². The largest absolute Gasteiger partial charge is 0.497 e. The maximum Gasteiger partial charge on any atom is 0.425 e. The molecule has 104 valence electrons. The molecule has 0 fully saturated rings. The molecule has 2 N–H and O–H groups in total. The van der Waals surface area contributed by atoms with Crippen molar-refractivity contribution in [2.24, 2.45) is 0 Å². The Morgan fingerprint density at radius 1 is 1.11 bits per heavy atom. The zero-order valence-electron chi connectivity index (χ0n) is 11.0. The Hall–Kier alpha value is -2.44. The van der Waals surface area contributed by atoms with Crippen LogP contribution in [0.3, 0.4) is 0 Å². The first-order valence-electron chi connectivity index (χ1n) is 5.44. The highest BCUT2D eigenvalue weighted by Gasteiger charge is 2.11. The number of ether oxygens (including phenoxy) is 3. The van der Waals surface area contributed by atoms with E-state index < -0.39 is 12.0 Å². The minimum Gasteiger partial charge on any atom is -0.497 e. The van der Waals surface area contributed by atoms with E-state index in [2.05, 4.69) is 15.6 Å². The van der Waals surface area contributed by atoms with Gasteiger partial charge in [0.05, 0.1) is 27.8 Å². The minimum atomic E-state index is -0.744. The minimum absolute atomic E-state index is 0.0321. The molecule has 0 saturated carbocycles. The molecule has 0 aliphatic heterocycles. The molecule has 0 atom stereocenters. The number of methoxy groups -OCH3 is 3. The molecule has 0 bridgehead atoms. The van der Waals surface area contributed by atoms with E-state index in [9.17, 15) is 9.59 Å². The summed E-state index contributed by atoms with van der Waals surface area (Å²) in [6, 6.07) is 5.12. The average Bonchev–Trinajstić information content (AvgIpc) is 2.44. The number of nitrogens with one attached hydrogen (secondary N) is 2. The van der Waals surface area contributed by atoms with Gasteiger partial charge in [-0.1, -0.05) is 0 Å². The summed E-state index contributed by atoms with van der Waals surface area (Å²) >= 11 is 0. The van der Waals surface area contributed by atoms with Gasteiger partial charge in [-0.3, -0.25) is 10.2 Å². The molecule has 0 aliphatic rings. The number of hydrazine groups is 1. The van der Waals surface area contributed by atoms with Crippen LogP contribution in [-0.4, -0.2) is 33.3 Å². The lowest BCUT2D eigenvalue weighted by atomic mass is 10.1. The van der Waals surface area contributed by atoms with Crippen molar-refractivity contribution in [3.8, 4) is 11.5 Å². The van der Waals surface area contributed by atoms with Crippen molar-refractivity contribution < 1.29 is 23.8 Å². The smallest absolute Gasteiger partial charge is 0.425 e. The van der Waals surface area contributed by atoms with Crippen LogP contribution < -0.4 is 20.3 Å². The summed E-state index contributed by atoms with van der Waals surface area (Å²) in [5, 5.41) is 0. The second-order valence-electron chi connectivity index (χ2n) is 3.52. The van der Waals surface area contributed by atoms with Gasteiger partial charge in [-0.05, 0) is 18.2 Å². The lowest BCUT2D eigenvalue weighted by Crippen LogP contribution is -2.42. The molecule has 19 heavy (non-hydrogen) atoms. The lowest BCUT2D eigenvalue weighted by Gasteiger charge is -2.11. The van der Waals surface area contributed by atoms with Gasteiger partial charge in [0, 0.05) is 5.56 Å². The van der Waals surface area contributed by atoms with Crippen LogP contribution in [-0.2, 0) is 16.0 Å². The van der Waals surface area contributed by atoms with Crippen molar-refractivity contribution in [1.82, 2.24) is 10.9 Å². The highest BCUT2D eigenvalue weighted by molar-refractivity contribution is 5.81. The third kappa shape index (κ3) is 4.38. The Balaban J connectivity index is 2.69. The van der Waals surface area contributed by atoms with Crippen LogP contribution in [0, 0.1) is 0 Å². The molecule has 7 heteroatoms. The van der Waals surface area contributed by atoms with Gasteiger partial charge in [0.2, 0.25) is 5.91 Å². The summed E-state index contributed by atoms with van der Waals surface area (Å²) in [5.41, 5.74) is 4.94. The molecule has 0 saturated heterocycles. The number of amides is 2. The van der Waals surface area contributed by atoms with Crippen molar-refractivity contribution in [3.05, 3.63) is 23.8 Å². The maximum atomic E-state index is 11.6. The first-order valence-corrected chi connectivity index (χ1v) is 5.44. The Kier molecular flexibility index (Phi) is 5.46. The Morgan fingerprint density at radius 3 is 2.42 bits per heavy atom. The van der Waals surface area contributed by atoms with Crippen LogP contribution >= 0.6 is 0 Å². The SMILES string of the molecule is COC(=O)NNC(=O)Cc1cc(OC)ccc1OC. The number of carbonyl (C=O) groups is 2. The second-order valence-corrected chi connectivity index (χ2v) is 3.52. The fraction of sp³-hybridized carbons (Fsp3) is 0.333. The Bertz CT molecular complexity index is 461. The number of carbonyl (C=O) groups excluding carboxylic acids is 2. The summed E-state index contributed by atoms with van der Waals surface area (Å²) in [6.07, 6.45) is -0.712. The van der Waals surface area contributed by atoms with Crippen LogP contribution in [0.15, 0.2) is 18.2 Å². The van der Waals surface area contributed by atoms with Crippen molar-refractivity contribution in [2.75, 3.05) is 21.3 Å². The number of benzene rings is 1. The van der Waals surface area contributed by atoms with Crippen molar-refractivity contribution in [1.29, 1.82) is 0 Å². The standard InChI is InChI=1S/C12H16N2O5/c1-17-9-4-5-10(18-2)8(6-9)7-11(15)13-14-12(16)19-3/h4-6H,7H2,1-3H3,(H,13,15)(H,14,16). The van der Waals surface area contributed by atoms with Crippen molar-refractivity contribution in [2.45, 2.75) is 6.42 Å². The van der Waals surface area contributed by atoms with E-state index in [1.807, 2.05) is 0 Å². The number of rotatable bonds is 4. The highest BCUT2D eigenvalue weighted by Crippen LogP contribution is 2.24. The van der Waals surface area contributed by atoms with Gasteiger partial charge in [0.1, 0.15) is 11.5 Å². The number of hydrogen-bond donors (Lipinski definition) is 2. The summed E-state index contributed by atoms with van der Waals surface area (Å²) in [6.45, 7) is 0. The summed E-state index contributed by atoms with van der Waals surface area (Å²) in [5.74, 6) is 0.774. The van der Waals surface area contributed by atoms with Gasteiger partial charge in [-0.15, -0.1) is 0 Å². The zero-order valence-corrected chi connectivity index (χ0v) is 11.0. The van der Waals surface area contributed by atoms with E-state index >= 15 is 0 Å². The van der Waals surface area contributed by atoms with Gasteiger partial charge in [0.15, 0.2) is 0 Å². The predicted octanol–water partition coefficient (Wildman–Crippen LogP) is 0.633. The maximum absolute atomic E-state index is 11.6. The number of hydrogen-bond acceptors (Lipinski definition) is 5. The van der Waals surface area contributed by atoms with Gasteiger partial charge in [-0.2, -0.15) is 0 Å². The van der Waals surface area contributed by atoms with E-state index in [1.165, 1.54) is 21.3 Å². The molecule has 0 radical (unpaired) electrons. The topological polar surface area (TPSA) is 85.9 Å². The molecule has 0 aliphatic carbocycles. The molecule has 1 aromatic carbocycles. The van der Waals surface area contributed by atoms with E-state index in [0.29, 0.717) is 17.1 Å². The first-order chi connectivity index (χ1) is 9.10. The Labute approximate surface area is 110 Å². The summed E-state index contributed by atoms with van der Waals surface area (Å²) in [4.78, 5) is 22.4. The van der Waals surface area contributed by atoms with Crippen LogP contribution in [0.1, 0.15) is 5.56 Å². The molecular formula is C12H16N2O5. The normalized spacial score (nSPS) is 9.42. The highest BCUT2D eigenvalue weighted by atomic mass is 16.5. The molecule has 7 nitrogen and oxygen atoms in total. The third-order valence-corrected chi connectivity index (χ3v) is 2.33. The van der Waals surface area contributed by atoms with Crippen LogP contribution in [0.4, 0.5) is 4.79 Å². The van der Waals surface area contributed by atoms with Gasteiger partial charge < -0.3 is 14.2 Å². The molecule has 2 amide bonds. The van der Waals surface area contributed by atoms with Gasteiger partial charge in [-0.25, -0.2) is 10.2 Å². The molecule has 1 rings (SSSR count). The van der Waals surface area contributed by atoms with Gasteiger partial charge >= 0.3 is 6.09 Å². The lowest BCUT2D eigenvalue weighted by molar-refractivity contribution is -0.121. The van der Waals surface area contributed by atoms with E-state index in [4.69, 9.17) is 9.47 Å². The summed E-state index contributed by atoms with van der Waals surface area (Å²) < 4.78 is 14.5. The molecule has 1 aromatic rings. The average molecular weight is 268 g/mol. The van der Waals surface area contributed by atoms with Crippen LogP contribution in [0.5, 0.6) is 11.5 Å². The van der Waals surface area contributed by atoms with Crippen LogP contribution in [0.25, 0.3) is 0 Å². The quantitative estimate of drug-likeness (QED) is 0.782. The second kappa shape index (κ2) is 7.10. The fourth-order valence-electron chi connectivity index (χ4n) is 1.41. The summed E-state index contributed by atoms with van der Waals surface area (Å²) in [7, 11) is 4.24. The zero-order chi connectivity index (χ0) is 14.3. The molecule has 0 spiro atoms. The third-order valence-electron chi connectivity index (χ3n) is 2.33. The molecular weight excluding hydrogens is 252 g/mol.